The van der Waals surface area contributed by atoms with Gasteiger partial charge in [-0.3, -0.25) is 4.79 Å². The van der Waals surface area contributed by atoms with Crippen molar-refractivity contribution in [3.05, 3.63) is 48.7 Å². The van der Waals surface area contributed by atoms with Crippen LogP contribution in [0.25, 0.3) is 0 Å². The molecule has 0 bridgehead atoms. The van der Waals surface area contributed by atoms with E-state index in [9.17, 15) is 9.59 Å². The number of pyridine rings is 1. The third-order valence-electron chi connectivity index (χ3n) is 4.65. The predicted molar refractivity (Wildman–Crippen MR) is 110 cm³/mol. The highest BCUT2D eigenvalue weighted by molar-refractivity contribution is 5.94. The fourth-order valence-electron chi connectivity index (χ4n) is 3.11. The number of benzene rings is 1. The van der Waals surface area contributed by atoms with E-state index < -0.39 is 0 Å². The number of ether oxygens (including phenoxy) is 2. The number of hydrogen-bond donors (Lipinski definition) is 2. The van der Waals surface area contributed by atoms with Crippen LogP contribution in [0.1, 0.15) is 12.8 Å². The number of likely N-dealkylation sites (tertiary alicyclic amines) is 1. The average Bonchev–Trinajstić information content (AvgIpc) is 2.76. The first-order valence-electron chi connectivity index (χ1n) is 9.65. The zero-order valence-corrected chi connectivity index (χ0v) is 16.5. The first-order chi connectivity index (χ1) is 14.2. The monoisotopic (exact) mass is 398 g/mol. The Morgan fingerprint density at radius 1 is 1.10 bits per heavy atom. The van der Waals surface area contributed by atoms with Gasteiger partial charge in [-0.25, -0.2) is 9.78 Å². The number of aromatic nitrogens is 1. The van der Waals surface area contributed by atoms with E-state index in [-0.39, 0.29) is 17.9 Å². The standard InChI is InChI=1S/C21H26N4O4/c1-28-12-13-29-19-10-9-18(14-22-19)24-21(27)25-11-5-6-16(15-25)20(26)23-17-7-3-2-4-8-17/h2-4,7-10,14,16H,5-6,11-13,15H2,1H3,(H,23,26)(H,24,27)/t16-/m1/s1. The molecule has 8 nitrogen and oxygen atoms in total. The molecule has 154 valence electrons. The minimum atomic E-state index is -0.239. The number of para-hydroxylation sites is 1. The highest BCUT2D eigenvalue weighted by Crippen LogP contribution is 2.20. The summed E-state index contributed by atoms with van der Waals surface area (Å²) in [6.45, 7) is 1.90. The van der Waals surface area contributed by atoms with Gasteiger partial charge in [0.1, 0.15) is 6.61 Å². The minimum Gasteiger partial charge on any atom is -0.475 e. The van der Waals surface area contributed by atoms with Crippen LogP contribution in [0.4, 0.5) is 16.2 Å². The molecule has 0 saturated carbocycles. The third kappa shape index (κ3) is 6.18. The van der Waals surface area contributed by atoms with Crippen LogP contribution in [0, 0.1) is 5.92 Å². The molecule has 2 heterocycles. The largest absolute Gasteiger partial charge is 0.475 e. The highest BCUT2D eigenvalue weighted by atomic mass is 16.5. The lowest BCUT2D eigenvalue weighted by atomic mass is 9.97. The zero-order chi connectivity index (χ0) is 20.5. The first-order valence-corrected chi connectivity index (χ1v) is 9.65. The van der Waals surface area contributed by atoms with Gasteiger partial charge in [-0.1, -0.05) is 18.2 Å². The number of anilines is 2. The van der Waals surface area contributed by atoms with Crippen molar-refractivity contribution < 1.29 is 19.1 Å². The van der Waals surface area contributed by atoms with Crippen molar-refractivity contribution in [3.8, 4) is 5.88 Å². The first kappa shape index (κ1) is 20.6. The molecule has 0 spiro atoms. The Bertz CT molecular complexity index is 798. The Labute approximate surface area is 170 Å². The van der Waals surface area contributed by atoms with E-state index in [1.807, 2.05) is 30.3 Å². The third-order valence-corrected chi connectivity index (χ3v) is 4.65. The van der Waals surface area contributed by atoms with E-state index in [1.54, 1.807) is 30.3 Å². The van der Waals surface area contributed by atoms with Crippen molar-refractivity contribution in [2.45, 2.75) is 12.8 Å². The van der Waals surface area contributed by atoms with Gasteiger partial charge in [0.05, 0.1) is 24.4 Å². The molecular formula is C21H26N4O4. The fraction of sp³-hybridized carbons (Fsp3) is 0.381. The predicted octanol–water partition coefficient (Wildman–Crippen LogP) is 2.99. The second-order valence-electron chi connectivity index (χ2n) is 6.80. The molecule has 29 heavy (non-hydrogen) atoms. The van der Waals surface area contributed by atoms with E-state index in [1.165, 1.54) is 0 Å². The summed E-state index contributed by atoms with van der Waals surface area (Å²) in [6.07, 6.45) is 3.09. The van der Waals surface area contributed by atoms with E-state index in [0.717, 1.165) is 18.5 Å². The second-order valence-corrected chi connectivity index (χ2v) is 6.80. The van der Waals surface area contributed by atoms with Crippen LogP contribution in [-0.2, 0) is 9.53 Å². The molecular weight excluding hydrogens is 372 g/mol. The van der Waals surface area contributed by atoms with Gasteiger partial charge >= 0.3 is 6.03 Å². The summed E-state index contributed by atoms with van der Waals surface area (Å²) in [7, 11) is 1.60. The van der Waals surface area contributed by atoms with Crippen LogP contribution in [0.15, 0.2) is 48.7 Å². The number of nitrogens with zero attached hydrogens (tertiary/aromatic N) is 2. The Balaban J connectivity index is 1.50. The van der Waals surface area contributed by atoms with Crippen LogP contribution in [0.3, 0.4) is 0 Å². The van der Waals surface area contributed by atoms with Gasteiger partial charge in [-0.2, -0.15) is 0 Å². The van der Waals surface area contributed by atoms with Crippen molar-refractivity contribution in [1.82, 2.24) is 9.88 Å². The van der Waals surface area contributed by atoms with Gasteiger partial charge < -0.3 is 25.0 Å². The number of carbonyl (C=O) groups is 2. The summed E-state index contributed by atoms with van der Waals surface area (Å²) in [4.78, 5) is 31.0. The molecule has 2 aromatic rings. The molecule has 1 aliphatic rings. The molecule has 0 radical (unpaired) electrons. The molecule has 0 aliphatic carbocycles. The number of piperidine rings is 1. The van der Waals surface area contributed by atoms with Gasteiger partial charge in [0.15, 0.2) is 0 Å². The number of nitrogens with one attached hydrogen (secondary N) is 2. The molecule has 3 rings (SSSR count). The molecule has 1 fully saturated rings. The number of amides is 3. The van der Waals surface area contributed by atoms with Crippen LogP contribution < -0.4 is 15.4 Å². The lowest BCUT2D eigenvalue weighted by molar-refractivity contribution is -0.121. The molecule has 1 atom stereocenters. The maximum atomic E-state index is 12.6. The van der Waals surface area contributed by atoms with Crippen molar-refractivity contribution in [3.63, 3.8) is 0 Å². The Hall–Kier alpha value is -3.13. The van der Waals surface area contributed by atoms with Crippen LogP contribution in [0.5, 0.6) is 5.88 Å². The molecule has 1 aliphatic heterocycles. The summed E-state index contributed by atoms with van der Waals surface area (Å²) >= 11 is 0. The molecule has 1 saturated heterocycles. The normalized spacial score (nSPS) is 16.2. The minimum absolute atomic E-state index is 0.0621. The quantitative estimate of drug-likeness (QED) is 0.700. The molecule has 0 unspecified atom stereocenters. The van der Waals surface area contributed by atoms with Crippen LogP contribution in [0.2, 0.25) is 0 Å². The molecule has 8 heteroatoms. The van der Waals surface area contributed by atoms with Crippen LogP contribution in [-0.4, -0.2) is 55.2 Å². The highest BCUT2D eigenvalue weighted by Gasteiger charge is 2.28. The van der Waals surface area contributed by atoms with Gasteiger partial charge in [0.25, 0.3) is 0 Å². The number of hydrogen-bond acceptors (Lipinski definition) is 5. The smallest absolute Gasteiger partial charge is 0.321 e. The molecule has 1 aromatic carbocycles. The van der Waals surface area contributed by atoms with E-state index in [2.05, 4.69) is 15.6 Å². The molecule has 3 amide bonds. The summed E-state index contributed by atoms with van der Waals surface area (Å²) in [6, 6.07) is 12.5. The Kier molecular flexibility index (Phi) is 7.40. The lowest BCUT2D eigenvalue weighted by Crippen LogP contribution is -2.45. The molecule has 1 aromatic heterocycles. The Morgan fingerprint density at radius 2 is 1.93 bits per heavy atom. The number of urea groups is 1. The number of rotatable bonds is 7. The van der Waals surface area contributed by atoms with Gasteiger partial charge in [-0.05, 0) is 31.0 Å². The fourth-order valence-corrected chi connectivity index (χ4v) is 3.11. The number of carbonyl (C=O) groups excluding carboxylic acids is 2. The molecule has 2 N–H and O–H groups in total. The van der Waals surface area contributed by atoms with Gasteiger partial charge in [0, 0.05) is 32.0 Å². The second kappa shape index (κ2) is 10.4. The topological polar surface area (TPSA) is 92.8 Å². The van der Waals surface area contributed by atoms with Crippen molar-refractivity contribution in [2.75, 3.05) is 44.0 Å². The average molecular weight is 398 g/mol. The van der Waals surface area contributed by atoms with E-state index in [4.69, 9.17) is 9.47 Å². The maximum absolute atomic E-state index is 12.6. The summed E-state index contributed by atoms with van der Waals surface area (Å²) in [5.41, 5.74) is 1.34. The van der Waals surface area contributed by atoms with Crippen molar-refractivity contribution in [1.29, 1.82) is 0 Å². The summed E-state index contributed by atoms with van der Waals surface area (Å²) < 4.78 is 10.3. The lowest BCUT2D eigenvalue weighted by Gasteiger charge is -2.32. The van der Waals surface area contributed by atoms with E-state index in [0.29, 0.717) is 37.9 Å². The summed E-state index contributed by atoms with van der Waals surface area (Å²) in [5.74, 6) is 0.174. The van der Waals surface area contributed by atoms with Gasteiger partial charge in [-0.15, -0.1) is 0 Å². The van der Waals surface area contributed by atoms with Gasteiger partial charge in [0.2, 0.25) is 11.8 Å². The summed E-state index contributed by atoms with van der Waals surface area (Å²) in [5, 5.41) is 5.75. The number of methoxy groups -OCH3 is 1. The maximum Gasteiger partial charge on any atom is 0.321 e. The van der Waals surface area contributed by atoms with E-state index >= 15 is 0 Å². The van der Waals surface area contributed by atoms with Crippen molar-refractivity contribution >= 4 is 23.3 Å². The van der Waals surface area contributed by atoms with Crippen molar-refractivity contribution in [2.24, 2.45) is 5.92 Å². The SMILES string of the molecule is COCCOc1ccc(NC(=O)N2CCC[C@@H](C(=O)Nc3ccccc3)C2)cn1. The van der Waals surface area contributed by atoms with Crippen LogP contribution >= 0.6 is 0 Å². The Morgan fingerprint density at radius 3 is 2.66 bits per heavy atom. The zero-order valence-electron chi connectivity index (χ0n) is 16.5.